The Morgan fingerprint density at radius 3 is 2.39 bits per heavy atom. The molecule has 0 aliphatic rings. The lowest BCUT2D eigenvalue weighted by atomic mass is 10.1. The second-order valence-corrected chi connectivity index (χ2v) is 6.39. The van der Waals surface area contributed by atoms with Crippen molar-refractivity contribution in [1.29, 1.82) is 0 Å². The summed E-state index contributed by atoms with van der Waals surface area (Å²) in [6.07, 6.45) is 0. The first kappa shape index (κ1) is 18.8. The molecule has 4 amide bonds. The van der Waals surface area contributed by atoms with E-state index in [1.807, 2.05) is 20.8 Å². The molecule has 8 heteroatoms. The molecule has 7 nitrogen and oxygen atoms in total. The van der Waals surface area contributed by atoms with Gasteiger partial charge in [0.15, 0.2) is 0 Å². The van der Waals surface area contributed by atoms with Crippen LogP contribution in [0.5, 0.6) is 0 Å². The number of benzene rings is 1. The molecular formula is C15H21ClN4O3. The van der Waals surface area contributed by atoms with Crippen LogP contribution in [-0.2, 0) is 9.59 Å². The fraction of sp³-hybridized carbons (Fsp3) is 0.400. The second-order valence-electron chi connectivity index (χ2n) is 5.98. The van der Waals surface area contributed by atoms with Gasteiger partial charge in [0.05, 0.1) is 17.3 Å². The molecule has 1 aromatic rings. The number of anilines is 2. The number of rotatable bonds is 4. The molecule has 0 saturated heterocycles. The molecule has 0 aliphatic heterocycles. The Labute approximate surface area is 140 Å². The monoisotopic (exact) mass is 340 g/mol. The first-order valence-corrected chi connectivity index (χ1v) is 7.37. The summed E-state index contributed by atoms with van der Waals surface area (Å²) in [6, 6.07) is 4.28. The van der Waals surface area contributed by atoms with Crippen LogP contribution in [0.15, 0.2) is 18.2 Å². The van der Waals surface area contributed by atoms with E-state index in [9.17, 15) is 14.4 Å². The maximum absolute atomic E-state index is 11.7. The van der Waals surface area contributed by atoms with Crippen LogP contribution in [0, 0.1) is 0 Å². The zero-order chi connectivity index (χ0) is 17.6. The predicted molar refractivity (Wildman–Crippen MR) is 90.7 cm³/mol. The van der Waals surface area contributed by atoms with Crippen molar-refractivity contribution in [3.63, 3.8) is 0 Å². The van der Waals surface area contributed by atoms with Gasteiger partial charge in [-0.1, -0.05) is 11.6 Å². The molecule has 0 saturated carbocycles. The standard InChI is InChI=1S/C15H21ClN4O3/c1-9(21)18-10-5-6-11(16)12(7-10)17-8-13(22)19-14(23)20-15(2,3)4/h5-7,17H,8H2,1-4H3,(H,18,21)(H2,19,20,22,23). The Morgan fingerprint density at radius 2 is 1.83 bits per heavy atom. The molecule has 23 heavy (non-hydrogen) atoms. The van der Waals surface area contributed by atoms with Gasteiger partial charge in [0.1, 0.15) is 0 Å². The van der Waals surface area contributed by atoms with Gasteiger partial charge in [-0.2, -0.15) is 0 Å². The SMILES string of the molecule is CC(=O)Nc1ccc(Cl)c(NCC(=O)NC(=O)NC(C)(C)C)c1. The summed E-state index contributed by atoms with van der Waals surface area (Å²) >= 11 is 6.02. The number of carbonyl (C=O) groups excluding carboxylic acids is 3. The highest BCUT2D eigenvalue weighted by Crippen LogP contribution is 2.25. The van der Waals surface area contributed by atoms with E-state index < -0.39 is 17.5 Å². The van der Waals surface area contributed by atoms with Gasteiger partial charge < -0.3 is 16.0 Å². The van der Waals surface area contributed by atoms with Gasteiger partial charge in [-0.25, -0.2) is 4.79 Å². The third-order valence-electron chi connectivity index (χ3n) is 2.47. The number of urea groups is 1. The van der Waals surface area contributed by atoms with Crippen LogP contribution in [0.1, 0.15) is 27.7 Å². The van der Waals surface area contributed by atoms with Crippen molar-refractivity contribution in [1.82, 2.24) is 10.6 Å². The molecule has 4 N–H and O–H groups in total. The molecule has 0 fully saturated rings. The highest BCUT2D eigenvalue weighted by atomic mass is 35.5. The van der Waals surface area contributed by atoms with Crippen LogP contribution in [0.3, 0.4) is 0 Å². The topological polar surface area (TPSA) is 99.3 Å². The maximum Gasteiger partial charge on any atom is 0.321 e. The minimum absolute atomic E-state index is 0.138. The third-order valence-corrected chi connectivity index (χ3v) is 2.80. The van der Waals surface area contributed by atoms with Gasteiger partial charge >= 0.3 is 6.03 Å². The molecule has 0 radical (unpaired) electrons. The van der Waals surface area contributed by atoms with E-state index in [1.165, 1.54) is 6.92 Å². The second kappa shape index (κ2) is 7.82. The molecule has 0 unspecified atom stereocenters. The van der Waals surface area contributed by atoms with Crippen molar-refractivity contribution in [3.8, 4) is 0 Å². The minimum atomic E-state index is -0.567. The van der Waals surface area contributed by atoms with Gasteiger partial charge in [-0.15, -0.1) is 0 Å². The van der Waals surface area contributed by atoms with Gasteiger partial charge in [-0.3, -0.25) is 14.9 Å². The fourth-order valence-electron chi connectivity index (χ4n) is 1.66. The number of imide groups is 1. The molecule has 0 atom stereocenters. The third kappa shape index (κ3) is 7.51. The smallest absolute Gasteiger partial charge is 0.321 e. The fourth-order valence-corrected chi connectivity index (χ4v) is 1.84. The lowest BCUT2D eigenvalue weighted by Crippen LogP contribution is -2.49. The van der Waals surface area contributed by atoms with Gasteiger partial charge in [0.25, 0.3) is 0 Å². The lowest BCUT2D eigenvalue weighted by Gasteiger charge is -2.20. The van der Waals surface area contributed by atoms with Gasteiger partial charge in [-0.05, 0) is 39.0 Å². The average molecular weight is 341 g/mol. The zero-order valence-corrected chi connectivity index (χ0v) is 14.3. The summed E-state index contributed by atoms with van der Waals surface area (Å²) in [7, 11) is 0. The lowest BCUT2D eigenvalue weighted by molar-refractivity contribution is -0.118. The minimum Gasteiger partial charge on any atom is -0.375 e. The Balaban J connectivity index is 2.58. The summed E-state index contributed by atoms with van der Waals surface area (Å²) < 4.78 is 0. The van der Waals surface area contributed by atoms with Crippen LogP contribution < -0.4 is 21.3 Å². The molecule has 0 spiro atoms. The number of hydrogen-bond acceptors (Lipinski definition) is 4. The largest absolute Gasteiger partial charge is 0.375 e. The molecular weight excluding hydrogens is 320 g/mol. The molecule has 1 rings (SSSR count). The van der Waals surface area contributed by atoms with Crippen molar-refractivity contribution < 1.29 is 14.4 Å². The summed E-state index contributed by atoms with van der Waals surface area (Å²) in [4.78, 5) is 34.4. The van der Waals surface area contributed by atoms with Crippen LogP contribution in [0.2, 0.25) is 5.02 Å². The number of halogens is 1. The van der Waals surface area contributed by atoms with Crippen molar-refractivity contribution in [2.75, 3.05) is 17.2 Å². The zero-order valence-electron chi connectivity index (χ0n) is 13.5. The molecule has 0 bridgehead atoms. The number of hydrogen-bond donors (Lipinski definition) is 4. The Bertz CT molecular complexity index is 611. The van der Waals surface area contributed by atoms with E-state index in [1.54, 1.807) is 18.2 Å². The highest BCUT2D eigenvalue weighted by Gasteiger charge is 2.15. The van der Waals surface area contributed by atoms with Crippen molar-refractivity contribution in [2.24, 2.45) is 0 Å². The first-order chi connectivity index (χ1) is 10.6. The Morgan fingerprint density at radius 1 is 1.17 bits per heavy atom. The van der Waals surface area contributed by atoms with Crippen LogP contribution >= 0.6 is 11.6 Å². The van der Waals surface area contributed by atoms with Gasteiger partial charge in [0, 0.05) is 18.2 Å². The summed E-state index contributed by atoms with van der Waals surface area (Å²) in [6.45, 7) is 6.68. The van der Waals surface area contributed by atoms with Crippen molar-refractivity contribution >= 4 is 40.8 Å². The Hall–Kier alpha value is -2.28. The Kier molecular flexibility index (Phi) is 6.38. The molecule has 1 aromatic carbocycles. The van der Waals surface area contributed by atoms with Crippen LogP contribution in [-0.4, -0.2) is 29.9 Å². The molecule has 0 aliphatic carbocycles. The molecule has 0 heterocycles. The summed E-state index contributed by atoms with van der Waals surface area (Å²) in [5.74, 6) is -0.720. The summed E-state index contributed by atoms with van der Waals surface area (Å²) in [5.41, 5.74) is 0.591. The van der Waals surface area contributed by atoms with Crippen LogP contribution in [0.4, 0.5) is 16.2 Å². The van der Waals surface area contributed by atoms with E-state index in [0.29, 0.717) is 16.4 Å². The van der Waals surface area contributed by atoms with E-state index in [-0.39, 0.29) is 12.5 Å². The predicted octanol–water partition coefficient (Wildman–Crippen LogP) is 2.33. The maximum atomic E-state index is 11.7. The van der Waals surface area contributed by atoms with Crippen molar-refractivity contribution in [2.45, 2.75) is 33.2 Å². The number of nitrogens with one attached hydrogen (secondary N) is 4. The highest BCUT2D eigenvalue weighted by molar-refractivity contribution is 6.33. The first-order valence-electron chi connectivity index (χ1n) is 7.00. The van der Waals surface area contributed by atoms with E-state index in [4.69, 9.17) is 11.6 Å². The van der Waals surface area contributed by atoms with Crippen LogP contribution in [0.25, 0.3) is 0 Å². The quantitative estimate of drug-likeness (QED) is 0.676. The number of carbonyl (C=O) groups is 3. The summed E-state index contributed by atoms with van der Waals surface area (Å²) in [5, 5.41) is 10.7. The van der Waals surface area contributed by atoms with E-state index in [0.717, 1.165) is 0 Å². The number of amides is 4. The van der Waals surface area contributed by atoms with Crippen molar-refractivity contribution in [3.05, 3.63) is 23.2 Å². The van der Waals surface area contributed by atoms with E-state index >= 15 is 0 Å². The average Bonchev–Trinajstić information content (AvgIpc) is 2.36. The molecule has 126 valence electrons. The van der Waals surface area contributed by atoms with Gasteiger partial charge in [0.2, 0.25) is 11.8 Å². The van der Waals surface area contributed by atoms with E-state index in [2.05, 4.69) is 21.3 Å². The molecule has 0 aromatic heterocycles. The normalized spacial score (nSPS) is 10.7.